The molecule has 0 aliphatic heterocycles. The Labute approximate surface area is 77.3 Å². The minimum atomic E-state index is 0.819. The van der Waals surface area contributed by atoms with Gasteiger partial charge in [0, 0.05) is 10.6 Å². The maximum Gasteiger partial charge on any atom is 0.00417 e. The van der Waals surface area contributed by atoms with Gasteiger partial charge in [-0.25, -0.2) is 0 Å². The van der Waals surface area contributed by atoms with Gasteiger partial charge in [0.05, 0.1) is 0 Å². The summed E-state index contributed by atoms with van der Waals surface area (Å²) in [6.07, 6.45) is 1.29. The molecule has 10 heavy (non-hydrogen) atoms. The molecule has 0 aliphatic carbocycles. The molecule has 0 aliphatic rings. The third-order valence-corrected chi connectivity index (χ3v) is 3.75. The van der Waals surface area contributed by atoms with Crippen LogP contribution >= 0.6 is 27.7 Å². The van der Waals surface area contributed by atoms with Gasteiger partial charge in [-0.2, -0.15) is 11.8 Å². The molecule has 0 rings (SSSR count). The fraction of sp³-hybridized carbons (Fsp3) is 1.00. The molecule has 0 spiro atoms. The molecule has 62 valence electrons. The first-order valence-corrected chi connectivity index (χ1v) is 6.03. The second-order valence-electron chi connectivity index (χ2n) is 2.86. The van der Waals surface area contributed by atoms with Gasteiger partial charge in [-0.05, 0) is 18.1 Å². The minimum absolute atomic E-state index is 0.819. The molecule has 0 saturated carbocycles. The molecule has 0 bridgehead atoms. The highest BCUT2D eigenvalue weighted by Crippen LogP contribution is 2.19. The summed E-state index contributed by atoms with van der Waals surface area (Å²) in [7, 11) is 0. The fourth-order valence-corrected chi connectivity index (χ4v) is 2.24. The lowest BCUT2D eigenvalue weighted by Gasteiger charge is -2.13. The second kappa shape index (κ2) is 6.53. The van der Waals surface area contributed by atoms with E-state index in [1.807, 2.05) is 0 Å². The quantitative estimate of drug-likeness (QED) is 0.509. The van der Waals surface area contributed by atoms with E-state index in [-0.39, 0.29) is 0 Å². The Morgan fingerprint density at radius 2 is 1.90 bits per heavy atom. The van der Waals surface area contributed by atoms with Gasteiger partial charge in [0.1, 0.15) is 0 Å². The van der Waals surface area contributed by atoms with Crippen LogP contribution in [-0.4, -0.2) is 16.3 Å². The van der Waals surface area contributed by atoms with Gasteiger partial charge in [0.15, 0.2) is 0 Å². The lowest BCUT2D eigenvalue weighted by molar-refractivity contribution is 0.642. The van der Waals surface area contributed by atoms with Crippen molar-refractivity contribution in [3.8, 4) is 0 Å². The van der Waals surface area contributed by atoms with Gasteiger partial charge < -0.3 is 0 Å². The zero-order chi connectivity index (χ0) is 7.98. The number of thioether (sulfide) groups is 1. The Balaban J connectivity index is 3.13. The Bertz CT molecular complexity index is 73.7. The van der Waals surface area contributed by atoms with E-state index in [0.717, 1.165) is 16.5 Å². The highest BCUT2D eigenvalue weighted by atomic mass is 79.9. The molecule has 0 heterocycles. The van der Waals surface area contributed by atoms with E-state index in [4.69, 9.17) is 0 Å². The van der Waals surface area contributed by atoms with Crippen LogP contribution in [0.15, 0.2) is 0 Å². The number of rotatable bonds is 5. The van der Waals surface area contributed by atoms with E-state index in [2.05, 4.69) is 48.5 Å². The number of hydrogen-bond acceptors (Lipinski definition) is 1. The molecule has 0 saturated heterocycles. The van der Waals surface area contributed by atoms with Crippen LogP contribution in [0.3, 0.4) is 0 Å². The Hall–Kier alpha value is 0.830. The summed E-state index contributed by atoms with van der Waals surface area (Å²) >= 11 is 5.50. The molecule has 0 nitrogen and oxygen atoms in total. The SMILES string of the molecule is CC(C)C(C)SCCCBr. The average Bonchev–Trinajstić information content (AvgIpc) is 1.88. The normalized spacial score (nSPS) is 14.1. The molecule has 0 aromatic heterocycles. The zero-order valence-electron chi connectivity index (χ0n) is 7.06. The van der Waals surface area contributed by atoms with Gasteiger partial charge in [0.2, 0.25) is 0 Å². The number of halogens is 1. The van der Waals surface area contributed by atoms with Crippen molar-refractivity contribution in [3.63, 3.8) is 0 Å². The van der Waals surface area contributed by atoms with Gasteiger partial charge in [-0.1, -0.05) is 36.7 Å². The van der Waals surface area contributed by atoms with Crippen molar-refractivity contribution in [1.82, 2.24) is 0 Å². The van der Waals surface area contributed by atoms with Crippen LogP contribution in [0.5, 0.6) is 0 Å². The summed E-state index contributed by atoms with van der Waals surface area (Å²) in [5, 5.41) is 1.96. The van der Waals surface area contributed by atoms with Crippen molar-refractivity contribution in [2.24, 2.45) is 5.92 Å². The van der Waals surface area contributed by atoms with Crippen LogP contribution in [-0.2, 0) is 0 Å². The van der Waals surface area contributed by atoms with E-state index in [1.54, 1.807) is 0 Å². The second-order valence-corrected chi connectivity index (χ2v) is 5.14. The molecule has 0 aromatic carbocycles. The van der Waals surface area contributed by atoms with Crippen molar-refractivity contribution in [3.05, 3.63) is 0 Å². The molecule has 2 heteroatoms. The van der Waals surface area contributed by atoms with Gasteiger partial charge in [-0.3, -0.25) is 0 Å². The molecule has 1 unspecified atom stereocenters. The van der Waals surface area contributed by atoms with Crippen molar-refractivity contribution in [2.75, 3.05) is 11.1 Å². The molecule has 1 atom stereocenters. The molecular weight excluding hydrogens is 208 g/mol. The molecule has 0 fully saturated rings. The van der Waals surface area contributed by atoms with Crippen molar-refractivity contribution < 1.29 is 0 Å². The largest absolute Gasteiger partial charge is 0.159 e. The zero-order valence-corrected chi connectivity index (χ0v) is 9.46. The summed E-state index contributed by atoms with van der Waals surface area (Å²) in [5.74, 6) is 2.12. The Kier molecular flexibility index (Phi) is 7.08. The van der Waals surface area contributed by atoms with Crippen LogP contribution in [0.25, 0.3) is 0 Å². The molecular formula is C8H17BrS. The Morgan fingerprint density at radius 3 is 2.30 bits per heavy atom. The third kappa shape index (κ3) is 5.60. The van der Waals surface area contributed by atoms with Crippen molar-refractivity contribution >= 4 is 27.7 Å². The average molecular weight is 225 g/mol. The molecule has 0 radical (unpaired) electrons. The molecule has 0 aromatic rings. The lowest BCUT2D eigenvalue weighted by Crippen LogP contribution is -2.06. The van der Waals surface area contributed by atoms with E-state index < -0.39 is 0 Å². The van der Waals surface area contributed by atoms with Crippen LogP contribution in [0.4, 0.5) is 0 Å². The van der Waals surface area contributed by atoms with Crippen molar-refractivity contribution in [1.29, 1.82) is 0 Å². The smallest absolute Gasteiger partial charge is 0.00417 e. The van der Waals surface area contributed by atoms with Crippen LogP contribution in [0.1, 0.15) is 27.2 Å². The predicted molar refractivity (Wildman–Crippen MR) is 55.2 cm³/mol. The van der Waals surface area contributed by atoms with Gasteiger partial charge in [0.25, 0.3) is 0 Å². The van der Waals surface area contributed by atoms with E-state index in [9.17, 15) is 0 Å². The number of alkyl halides is 1. The first-order chi connectivity index (χ1) is 4.68. The summed E-state index contributed by atoms with van der Waals surface area (Å²) in [6.45, 7) is 6.88. The van der Waals surface area contributed by atoms with Crippen molar-refractivity contribution in [2.45, 2.75) is 32.4 Å². The predicted octanol–water partition coefficient (Wildman–Crippen LogP) is 3.55. The monoisotopic (exact) mass is 224 g/mol. The summed E-state index contributed by atoms with van der Waals surface area (Å²) in [6, 6.07) is 0. The highest BCUT2D eigenvalue weighted by molar-refractivity contribution is 9.09. The highest BCUT2D eigenvalue weighted by Gasteiger charge is 2.05. The molecule has 0 amide bonds. The van der Waals surface area contributed by atoms with E-state index >= 15 is 0 Å². The van der Waals surface area contributed by atoms with E-state index in [0.29, 0.717) is 0 Å². The van der Waals surface area contributed by atoms with Crippen LogP contribution in [0.2, 0.25) is 0 Å². The fourth-order valence-electron chi connectivity index (χ4n) is 0.516. The van der Waals surface area contributed by atoms with Gasteiger partial charge >= 0.3 is 0 Å². The lowest BCUT2D eigenvalue weighted by atomic mass is 10.2. The topological polar surface area (TPSA) is 0 Å². The standard InChI is InChI=1S/C8H17BrS/c1-7(2)8(3)10-6-4-5-9/h7-8H,4-6H2,1-3H3. The Morgan fingerprint density at radius 1 is 1.30 bits per heavy atom. The summed E-state index contributed by atoms with van der Waals surface area (Å²) < 4.78 is 0. The summed E-state index contributed by atoms with van der Waals surface area (Å²) in [4.78, 5) is 0. The van der Waals surface area contributed by atoms with Gasteiger partial charge in [-0.15, -0.1) is 0 Å². The third-order valence-electron chi connectivity index (χ3n) is 1.60. The first-order valence-electron chi connectivity index (χ1n) is 3.86. The molecule has 0 N–H and O–H groups in total. The summed E-state index contributed by atoms with van der Waals surface area (Å²) in [5.41, 5.74) is 0. The minimum Gasteiger partial charge on any atom is -0.159 e. The maximum absolute atomic E-state index is 3.42. The van der Waals surface area contributed by atoms with E-state index in [1.165, 1.54) is 12.2 Å². The number of hydrogen-bond donors (Lipinski definition) is 0. The van der Waals surface area contributed by atoms with Crippen LogP contribution in [0, 0.1) is 5.92 Å². The van der Waals surface area contributed by atoms with Crippen LogP contribution < -0.4 is 0 Å². The maximum atomic E-state index is 3.42. The first kappa shape index (κ1) is 10.8.